The van der Waals surface area contributed by atoms with Crippen LogP contribution in [0.5, 0.6) is 5.88 Å². The highest BCUT2D eigenvalue weighted by molar-refractivity contribution is 5.81. The molecule has 0 aliphatic carbocycles. The summed E-state index contributed by atoms with van der Waals surface area (Å²) < 4.78 is 5.09. The van der Waals surface area contributed by atoms with E-state index in [4.69, 9.17) is 4.74 Å². The van der Waals surface area contributed by atoms with Gasteiger partial charge in [-0.15, -0.1) is 0 Å². The topological polar surface area (TPSA) is 22.1 Å². The summed E-state index contributed by atoms with van der Waals surface area (Å²) in [5.74, 6) is 0.657. The van der Waals surface area contributed by atoms with E-state index in [1.807, 2.05) is 18.2 Å². The third kappa shape index (κ3) is 2.22. The highest BCUT2D eigenvalue weighted by Crippen LogP contribution is 2.18. The van der Waals surface area contributed by atoms with Crippen molar-refractivity contribution >= 4 is 17.0 Å². The maximum absolute atomic E-state index is 5.09. The largest absolute Gasteiger partial charge is 0.481 e. The molecule has 16 heavy (non-hydrogen) atoms. The smallest absolute Gasteiger partial charge is 0.213 e. The fourth-order valence-electron chi connectivity index (χ4n) is 1.60. The van der Waals surface area contributed by atoms with Gasteiger partial charge in [-0.25, -0.2) is 4.98 Å². The van der Waals surface area contributed by atoms with Crippen LogP contribution in [-0.2, 0) is 0 Å². The zero-order valence-corrected chi connectivity index (χ0v) is 9.60. The number of hydrogen-bond donors (Lipinski definition) is 0. The lowest BCUT2D eigenvalue weighted by Gasteiger charge is -2.02. The van der Waals surface area contributed by atoms with Crippen LogP contribution in [0, 0.1) is 0 Å². The Morgan fingerprint density at radius 2 is 2.12 bits per heavy atom. The molecule has 0 amide bonds. The molecule has 0 saturated heterocycles. The van der Waals surface area contributed by atoms with Crippen LogP contribution in [0.3, 0.4) is 0 Å². The van der Waals surface area contributed by atoms with Crippen molar-refractivity contribution in [2.45, 2.75) is 13.3 Å². The first-order valence-electron chi connectivity index (χ1n) is 5.45. The minimum Gasteiger partial charge on any atom is -0.481 e. The fraction of sp³-hybridized carbons (Fsp3) is 0.214. The van der Waals surface area contributed by atoms with Crippen LogP contribution in [0.1, 0.15) is 18.9 Å². The number of fused-ring (bicyclic) bond motifs is 1. The van der Waals surface area contributed by atoms with E-state index in [2.05, 4.69) is 36.2 Å². The molecule has 2 heteroatoms. The number of hydrogen-bond acceptors (Lipinski definition) is 2. The second kappa shape index (κ2) is 4.79. The molecule has 82 valence electrons. The summed E-state index contributed by atoms with van der Waals surface area (Å²) in [6.45, 7) is 2.13. The van der Waals surface area contributed by atoms with E-state index in [-0.39, 0.29) is 0 Å². The number of rotatable bonds is 3. The number of ether oxygens (including phenoxy) is 1. The van der Waals surface area contributed by atoms with E-state index >= 15 is 0 Å². The first-order valence-corrected chi connectivity index (χ1v) is 5.45. The molecule has 2 nitrogen and oxygen atoms in total. The van der Waals surface area contributed by atoms with Gasteiger partial charge in [0.1, 0.15) is 0 Å². The van der Waals surface area contributed by atoms with Crippen molar-refractivity contribution in [1.29, 1.82) is 0 Å². The zero-order chi connectivity index (χ0) is 11.4. The standard InChI is InChI=1S/C14H15NO/c1-3-4-5-11-6-8-13-12(10-11)7-9-14(15-13)16-2/h4-10H,3H2,1-2H3/b5-4+. The van der Waals surface area contributed by atoms with E-state index in [1.165, 1.54) is 5.56 Å². The molecule has 0 spiro atoms. The highest BCUT2D eigenvalue weighted by atomic mass is 16.5. The maximum atomic E-state index is 5.09. The number of aromatic nitrogens is 1. The van der Waals surface area contributed by atoms with Crippen LogP contribution in [0.25, 0.3) is 17.0 Å². The second-order valence-corrected chi connectivity index (χ2v) is 3.62. The van der Waals surface area contributed by atoms with Gasteiger partial charge in [0, 0.05) is 11.5 Å². The summed E-state index contributed by atoms with van der Waals surface area (Å²) in [5.41, 5.74) is 2.18. The number of methoxy groups -OCH3 is 1. The van der Waals surface area contributed by atoms with Crippen LogP contribution >= 0.6 is 0 Å². The number of allylic oxidation sites excluding steroid dienone is 1. The van der Waals surface area contributed by atoms with Crippen molar-refractivity contribution in [2.24, 2.45) is 0 Å². The van der Waals surface area contributed by atoms with E-state index < -0.39 is 0 Å². The molecule has 0 radical (unpaired) electrons. The van der Waals surface area contributed by atoms with Gasteiger partial charge in [0.05, 0.1) is 12.6 Å². The van der Waals surface area contributed by atoms with Crippen LogP contribution in [0.2, 0.25) is 0 Å². The number of nitrogens with zero attached hydrogens (tertiary/aromatic N) is 1. The molecule has 0 N–H and O–H groups in total. The first-order chi connectivity index (χ1) is 7.83. The first kappa shape index (κ1) is 10.7. The second-order valence-electron chi connectivity index (χ2n) is 3.62. The Morgan fingerprint density at radius 1 is 1.25 bits per heavy atom. The Morgan fingerprint density at radius 3 is 2.88 bits per heavy atom. The van der Waals surface area contributed by atoms with Gasteiger partial charge in [0.25, 0.3) is 0 Å². The molecule has 1 aromatic carbocycles. The van der Waals surface area contributed by atoms with Crippen LogP contribution in [0.15, 0.2) is 36.4 Å². The minimum atomic E-state index is 0.657. The summed E-state index contributed by atoms with van der Waals surface area (Å²) >= 11 is 0. The van der Waals surface area contributed by atoms with Gasteiger partial charge in [-0.05, 0) is 30.2 Å². The molecular weight excluding hydrogens is 198 g/mol. The predicted octanol–water partition coefficient (Wildman–Crippen LogP) is 3.67. The van der Waals surface area contributed by atoms with Gasteiger partial charge in [-0.2, -0.15) is 0 Å². The molecule has 0 aliphatic rings. The van der Waals surface area contributed by atoms with Crippen LogP contribution in [0.4, 0.5) is 0 Å². The Labute approximate surface area is 95.6 Å². The van der Waals surface area contributed by atoms with E-state index in [0.717, 1.165) is 17.3 Å². The molecule has 0 unspecified atom stereocenters. The van der Waals surface area contributed by atoms with Crippen molar-refractivity contribution in [3.63, 3.8) is 0 Å². The molecule has 0 bridgehead atoms. The summed E-state index contributed by atoms with van der Waals surface area (Å²) in [4.78, 5) is 4.37. The Kier molecular flexibility index (Phi) is 3.20. The summed E-state index contributed by atoms with van der Waals surface area (Å²) in [6, 6.07) is 10.1. The molecule has 0 aliphatic heterocycles. The van der Waals surface area contributed by atoms with Gasteiger partial charge >= 0.3 is 0 Å². The van der Waals surface area contributed by atoms with Gasteiger partial charge in [0.15, 0.2) is 0 Å². The Hall–Kier alpha value is -1.83. The summed E-state index contributed by atoms with van der Waals surface area (Å²) in [7, 11) is 1.63. The molecule has 0 saturated carbocycles. The van der Waals surface area contributed by atoms with E-state index in [0.29, 0.717) is 5.88 Å². The van der Waals surface area contributed by atoms with Crippen molar-refractivity contribution in [2.75, 3.05) is 7.11 Å². The molecule has 0 atom stereocenters. The van der Waals surface area contributed by atoms with Crippen molar-refractivity contribution in [3.8, 4) is 5.88 Å². The van der Waals surface area contributed by atoms with Gasteiger partial charge < -0.3 is 4.74 Å². The minimum absolute atomic E-state index is 0.657. The zero-order valence-electron chi connectivity index (χ0n) is 9.60. The SMILES string of the molecule is CC/C=C/c1ccc2nc(OC)ccc2c1. The van der Waals surface area contributed by atoms with Gasteiger partial charge in [0.2, 0.25) is 5.88 Å². The Balaban J connectivity index is 2.43. The van der Waals surface area contributed by atoms with Crippen LogP contribution in [-0.4, -0.2) is 12.1 Å². The lowest BCUT2D eigenvalue weighted by atomic mass is 10.1. The molecular formula is C14H15NO. The molecule has 2 aromatic rings. The summed E-state index contributed by atoms with van der Waals surface area (Å²) in [6.07, 6.45) is 5.33. The molecule has 1 heterocycles. The molecule has 2 rings (SSSR count). The maximum Gasteiger partial charge on any atom is 0.213 e. The van der Waals surface area contributed by atoms with Gasteiger partial charge in [-0.1, -0.05) is 25.1 Å². The van der Waals surface area contributed by atoms with Crippen LogP contribution < -0.4 is 4.74 Å². The normalized spacial score (nSPS) is 11.1. The van der Waals surface area contributed by atoms with Crippen molar-refractivity contribution in [3.05, 3.63) is 42.0 Å². The van der Waals surface area contributed by atoms with Crippen molar-refractivity contribution < 1.29 is 4.74 Å². The highest BCUT2D eigenvalue weighted by Gasteiger charge is 1.98. The quantitative estimate of drug-likeness (QED) is 0.776. The number of pyridine rings is 1. The van der Waals surface area contributed by atoms with E-state index in [9.17, 15) is 0 Å². The number of benzene rings is 1. The lowest BCUT2D eigenvalue weighted by Crippen LogP contribution is -1.87. The monoisotopic (exact) mass is 213 g/mol. The lowest BCUT2D eigenvalue weighted by molar-refractivity contribution is 0.399. The third-order valence-corrected chi connectivity index (χ3v) is 2.44. The average Bonchev–Trinajstić information content (AvgIpc) is 2.35. The van der Waals surface area contributed by atoms with E-state index in [1.54, 1.807) is 7.11 Å². The van der Waals surface area contributed by atoms with Crippen molar-refractivity contribution in [1.82, 2.24) is 4.98 Å². The summed E-state index contributed by atoms with van der Waals surface area (Å²) in [5, 5.41) is 1.14. The molecule has 1 aromatic heterocycles. The Bertz CT molecular complexity index is 517. The fourth-order valence-corrected chi connectivity index (χ4v) is 1.60. The van der Waals surface area contributed by atoms with Gasteiger partial charge in [-0.3, -0.25) is 0 Å². The average molecular weight is 213 g/mol. The predicted molar refractivity (Wildman–Crippen MR) is 67.6 cm³/mol. The molecule has 0 fully saturated rings. The third-order valence-electron chi connectivity index (χ3n) is 2.44.